The largest absolute Gasteiger partial charge is 0.392 e. The summed E-state index contributed by atoms with van der Waals surface area (Å²) in [4.78, 5) is 26.0. The molecule has 5 rings (SSSR count). The number of nitrogen functional groups attached to an aromatic ring is 1. The van der Waals surface area contributed by atoms with Gasteiger partial charge in [0.05, 0.1) is 17.9 Å². The number of aliphatic hydroxyl groups excluding tert-OH is 1. The Labute approximate surface area is 183 Å². The van der Waals surface area contributed by atoms with Crippen molar-refractivity contribution in [2.24, 2.45) is 7.05 Å². The summed E-state index contributed by atoms with van der Waals surface area (Å²) in [5.41, 5.74) is 11.0. The molecule has 8 nitrogen and oxygen atoms in total. The van der Waals surface area contributed by atoms with E-state index in [4.69, 9.17) is 15.7 Å². The van der Waals surface area contributed by atoms with Crippen LogP contribution >= 0.6 is 0 Å². The van der Waals surface area contributed by atoms with Gasteiger partial charge in [0.15, 0.2) is 11.5 Å². The number of imidazole rings is 1. The molecule has 1 aromatic carbocycles. The molecule has 0 saturated heterocycles. The van der Waals surface area contributed by atoms with Crippen LogP contribution in [-0.2, 0) is 13.7 Å². The van der Waals surface area contributed by atoms with Gasteiger partial charge in [0.25, 0.3) is 5.56 Å². The maximum Gasteiger partial charge on any atom is 0.250 e. The summed E-state index contributed by atoms with van der Waals surface area (Å²) in [6.07, 6.45) is 3.35. The lowest BCUT2D eigenvalue weighted by Crippen LogP contribution is -2.14. The van der Waals surface area contributed by atoms with Crippen molar-refractivity contribution < 1.29 is 5.11 Å². The van der Waals surface area contributed by atoms with Crippen LogP contribution in [0.15, 0.2) is 77.9 Å². The van der Waals surface area contributed by atoms with Gasteiger partial charge in [-0.25, -0.2) is 15.0 Å². The minimum Gasteiger partial charge on any atom is -0.392 e. The molecule has 32 heavy (non-hydrogen) atoms. The van der Waals surface area contributed by atoms with Crippen molar-refractivity contribution in [1.29, 1.82) is 0 Å². The van der Waals surface area contributed by atoms with Gasteiger partial charge in [-0.15, -0.1) is 0 Å². The number of hydrogen-bond donors (Lipinski definition) is 2. The van der Waals surface area contributed by atoms with Gasteiger partial charge in [0, 0.05) is 36.8 Å². The molecule has 158 valence electrons. The summed E-state index contributed by atoms with van der Waals surface area (Å²) in [6, 6.07) is 18.3. The molecular formula is C24H20N6O2. The average molecular weight is 424 g/mol. The SMILES string of the molecule is Cn1ccc(-c2ccc3nc(-c4cccnc4N)n(-c4ccc(CO)cc4)c3n2)cc1=O. The number of aliphatic hydroxyl groups is 1. The Morgan fingerprint density at radius 3 is 2.56 bits per heavy atom. The summed E-state index contributed by atoms with van der Waals surface area (Å²) in [5, 5.41) is 9.42. The minimum absolute atomic E-state index is 0.0429. The van der Waals surface area contributed by atoms with E-state index in [-0.39, 0.29) is 12.2 Å². The van der Waals surface area contributed by atoms with Crippen molar-refractivity contribution in [1.82, 2.24) is 24.1 Å². The van der Waals surface area contributed by atoms with Crippen LogP contribution in [0, 0.1) is 0 Å². The summed E-state index contributed by atoms with van der Waals surface area (Å²) in [6.45, 7) is -0.0429. The van der Waals surface area contributed by atoms with E-state index in [1.807, 2.05) is 59.2 Å². The van der Waals surface area contributed by atoms with Gasteiger partial charge in [-0.3, -0.25) is 9.36 Å². The molecule has 0 radical (unpaired) electrons. The molecule has 0 amide bonds. The second-order valence-corrected chi connectivity index (χ2v) is 7.44. The topological polar surface area (TPSA) is 112 Å². The predicted molar refractivity (Wildman–Crippen MR) is 123 cm³/mol. The second-order valence-electron chi connectivity index (χ2n) is 7.44. The van der Waals surface area contributed by atoms with Crippen LogP contribution in [0.3, 0.4) is 0 Å². The first-order valence-electron chi connectivity index (χ1n) is 10.0. The Balaban J connectivity index is 1.78. The molecule has 8 heteroatoms. The van der Waals surface area contributed by atoms with Crippen molar-refractivity contribution in [3.8, 4) is 28.3 Å². The fraction of sp³-hybridized carbons (Fsp3) is 0.0833. The Morgan fingerprint density at radius 1 is 1.03 bits per heavy atom. The van der Waals surface area contributed by atoms with E-state index in [1.54, 1.807) is 25.5 Å². The number of aryl methyl sites for hydroxylation is 1. The van der Waals surface area contributed by atoms with E-state index in [1.165, 1.54) is 4.57 Å². The highest BCUT2D eigenvalue weighted by Crippen LogP contribution is 2.31. The molecule has 0 aliphatic rings. The smallest absolute Gasteiger partial charge is 0.250 e. The zero-order valence-electron chi connectivity index (χ0n) is 17.3. The van der Waals surface area contributed by atoms with E-state index in [0.29, 0.717) is 34.1 Å². The zero-order valence-corrected chi connectivity index (χ0v) is 17.3. The van der Waals surface area contributed by atoms with E-state index >= 15 is 0 Å². The number of aromatic nitrogens is 5. The highest BCUT2D eigenvalue weighted by Gasteiger charge is 2.18. The molecule has 0 fully saturated rings. The van der Waals surface area contributed by atoms with Crippen molar-refractivity contribution >= 4 is 17.0 Å². The number of rotatable bonds is 4. The molecule has 0 aliphatic heterocycles. The number of nitrogens with two attached hydrogens (primary N) is 1. The first-order chi connectivity index (χ1) is 15.5. The Bertz CT molecular complexity index is 1500. The third-order valence-corrected chi connectivity index (χ3v) is 5.36. The van der Waals surface area contributed by atoms with E-state index < -0.39 is 0 Å². The lowest BCUT2D eigenvalue weighted by atomic mass is 10.1. The predicted octanol–water partition coefficient (Wildman–Crippen LogP) is 2.92. The highest BCUT2D eigenvalue weighted by atomic mass is 16.3. The molecule has 0 bridgehead atoms. The zero-order chi connectivity index (χ0) is 22.2. The third kappa shape index (κ3) is 3.32. The lowest BCUT2D eigenvalue weighted by Gasteiger charge is -2.11. The highest BCUT2D eigenvalue weighted by molar-refractivity contribution is 5.84. The normalized spacial score (nSPS) is 11.2. The second kappa shape index (κ2) is 7.75. The number of pyridine rings is 3. The van der Waals surface area contributed by atoms with Crippen LogP contribution in [0.1, 0.15) is 5.56 Å². The van der Waals surface area contributed by atoms with E-state index in [9.17, 15) is 9.90 Å². The van der Waals surface area contributed by atoms with E-state index in [2.05, 4.69) is 4.98 Å². The summed E-state index contributed by atoms with van der Waals surface area (Å²) >= 11 is 0. The van der Waals surface area contributed by atoms with Crippen LogP contribution in [0.2, 0.25) is 0 Å². The van der Waals surface area contributed by atoms with Crippen molar-refractivity contribution in [3.05, 3.63) is 89.0 Å². The summed E-state index contributed by atoms with van der Waals surface area (Å²) < 4.78 is 3.42. The number of fused-ring (bicyclic) bond motifs is 1. The van der Waals surface area contributed by atoms with Crippen LogP contribution < -0.4 is 11.3 Å². The van der Waals surface area contributed by atoms with Gasteiger partial charge in [-0.2, -0.15) is 0 Å². The fourth-order valence-electron chi connectivity index (χ4n) is 3.61. The summed E-state index contributed by atoms with van der Waals surface area (Å²) in [7, 11) is 1.71. The molecule has 4 aromatic heterocycles. The molecular weight excluding hydrogens is 404 g/mol. The van der Waals surface area contributed by atoms with Gasteiger partial charge in [-0.05, 0) is 48.0 Å². The number of hydrogen-bond acceptors (Lipinski definition) is 6. The molecule has 0 unspecified atom stereocenters. The van der Waals surface area contributed by atoms with Crippen molar-refractivity contribution in [2.75, 3.05) is 5.73 Å². The molecule has 4 heterocycles. The molecule has 0 aliphatic carbocycles. The average Bonchev–Trinajstić information content (AvgIpc) is 3.19. The van der Waals surface area contributed by atoms with Gasteiger partial charge >= 0.3 is 0 Å². The first-order valence-corrected chi connectivity index (χ1v) is 10.0. The van der Waals surface area contributed by atoms with Crippen molar-refractivity contribution in [3.63, 3.8) is 0 Å². The van der Waals surface area contributed by atoms with Gasteiger partial charge in [0.1, 0.15) is 11.3 Å². The molecule has 0 saturated carbocycles. The monoisotopic (exact) mass is 424 g/mol. The van der Waals surface area contributed by atoms with Gasteiger partial charge in [0.2, 0.25) is 0 Å². The van der Waals surface area contributed by atoms with Crippen LogP contribution in [0.4, 0.5) is 5.82 Å². The standard InChI is InChI=1S/C24H20N6O2/c1-29-12-10-16(13-21(29)32)19-8-9-20-24(27-19)30(17-6-4-15(14-31)5-7-17)23(28-20)18-3-2-11-26-22(18)25/h2-13,31H,14H2,1H3,(H2,25,26). The fourth-order valence-corrected chi connectivity index (χ4v) is 3.61. The molecule has 5 aromatic rings. The van der Waals surface area contributed by atoms with Gasteiger partial charge in [-0.1, -0.05) is 12.1 Å². The number of nitrogens with zero attached hydrogens (tertiary/aromatic N) is 5. The first kappa shape index (κ1) is 19.7. The van der Waals surface area contributed by atoms with E-state index in [0.717, 1.165) is 16.8 Å². The van der Waals surface area contributed by atoms with Gasteiger partial charge < -0.3 is 15.4 Å². The Hall–Kier alpha value is -4.30. The van der Waals surface area contributed by atoms with Crippen LogP contribution in [0.25, 0.3) is 39.5 Å². The minimum atomic E-state index is -0.110. The van der Waals surface area contributed by atoms with Crippen LogP contribution in [0.5, 0.6) is 0 Å². The molecule has 3 N–H and O–H groups in total. The summed E-state index contributed by atoms with van der Waals surface area (Å²) in [5.74, 6) is 0.971. The number of benzene rings is 1. The van der Waals surface area contributed by atoms with Crippen molar-refractivity contribution in [2.45, 2.75) is 6.61 Å². The quantitative estimate of drug-likeness (QED) is 0.459. The maximum atomic E-state index is 12.1. The Kier molecular flexibility index (Phi) is 4.76. The third-order valence-electron chi connectivity index (χ3n) is 5.36. The number of anilines is 1. The maximum absolute atomic E-state index is 12.1. The van der Waals surface area contributed by atoms with Crippen LogP contribution in [-0.4, -0.2) is 29.2 Å². The Morgan fingerprint density at radius 2 is 1.84 bits per heavy atom. The lowest BCUT2D eigenvalue weighted by molar-refractivity contribution is 0.282. The molecule has 0 spiro atoms. The molecule has 0 atom stereocenters.